The van der Waals surface area contributed by atoms with Gasteiger partial charge in [-0.15, -0.1) is 0 Å². The highest BCUT2D eigenvalue weighted by atomic mass is 19.1. The molecule has 1 aromatic heterocycles. The van der Waals surface area contributed by atoms with Gasteiger partial charge >= 0.3 is 12.0 Å². The SMILES string of the molecule is CC(C)[C@H](NC(=O)c1cc(-c2ccc(NC(=O)Nc3ccccc3F)cc2)no1)C(=O)OC(C)(C)C. The number of esters is 1. The quantitative estimate of drug-likeness (QED) is 0.386. The van der Waals surface area contributed by atoms with Gasteiger partial charge in [0.2, 0.25) is 5.76 Å². The Balaban J connectivity index is 1.63. The van der Waals surface area contributed by atoms with Gasteiger partial charge in [0.1, 0.15) is 23.2 Å². The van der Waals surface area contributed by atoms with Crippen molar-refractivity contribution in [3.05, 3.63) is 66.2 Å². The van der Waals surface area contributed by atoms with Gasteiger partial charge in [0.05, 0.1) is 5.69 Å². The summed E-state index contributed by atoms with van der Waals surface area (Å²) in [5.41, 5.74) is 0.859. The Hall–Kier alpha value is -4.21. The van der Waals surface area contributed by atoms with Gasteiger partial charge < -0.3 is 25.2 Å². The van der Waals surface area contributed by atoms with Gasteiger partial charge in [-0.25, -0.2) is 14.0 Å². The first-order chi connectivity index (χ1) is 16.9. The number of amides is 3. The van der Waals surface area contributed by atoms with Gasteiger partial charge in [0.25, 0.3) is 5.91 Å². The van der Waals surface area contributed by atoms with Crippen molar-refractivity contribution in [1.82, 2.24) is 10.5 Å². The average Bonchev–Trinajstić information content (AvgIpc) is 3.28. The summed E-state index contributed by atoms with van der Waals surface area (Å²) in [6.07, 6.45) is 0. The molecular formula is C26H29FN4O5. The van der Waals surface area contributed by atoms with E-state index < -0.39 is 35.4 Å². The van der Waals surface area contributed by atoms with Gasteiger partial charge in [-0.05, 0) is 51.0 Å². The predicted molar refractivity (Wildman–Crippen MR) is 133 cm³/mol. The lowest BCUT2D eigenvalue weighted by atomic mass is 10.0. The van der Waals surface area contributed by atoms with E-state index in [4.69, 9.17) is 9.26 Å². The van der Waals surface area contributed by atoms with Gasteiger partial charge in [-0.1, -0.05) is 43.3 Å². The lowest BCUT2D eigenvalue weighted by Gasteiger charge is -2.26. The number of aromatic nitrogens is 1. The van der Waals surface area contributed by atoms with Crippen LogP contribution in [0.4, 0.5) is 20.6 Å². The monoisotopic (exact) mass is 496 g/mol. The lowest BCUT2D eigenvalue weighted by molar-refractivity contribution is -0.158. The van der Waals surface area contributed by atoms with Crippen molar-refractivity contribution in [2.24, 2.45) is 5.92 Å². The highest BCUT2D eigenvalue weighted by Crippen LogP contribution is 2.22. The first kappa shape index (κ1) is 26.4. The van der Waals surface area contributed by atoms with E-state index in [1.165, 1.54) is 24.3 Å². The van der Waals surface area contributed by atoms with Crippen LogP contribution in [0.3, 0.4) is 0 Å². The number of hydrogen-bond donors (Lipinski definition) is 3. The molecule has 3 rings (SSSR count). The highest BCUT2D eigenvalue weighted by molar-refractivity contribution is 6.00. The number of anilines is 2. The van der Waals surface area contributed by atoms with E-state index in [2.05, 4.69) is 21.1 Å². The van der Waals surface area contributed by atoms with Crippen LogP contribution in [-0.4, -0.2) is 34.7 Å². The van der Waals surface area contributed by atoms with Crippen LogP contribution in [0.2, 0.25) is 0 Å². The van der Waals surface area contributed by atoms with Crippen molar-refractivity contribution >= 4 is 29.3 Å². The Morgan fingerprint density at radius 2 is 1.67 bits per heavy atom. The van der Waals surface area contributed by atoms with Crippen LogP contribution < -0.4 is 16.0 Å². The average molecular weight is 497 g/mol. The van der Waals surface area contributed by atoms with E-state index in [0.717, 1.165) is 0 Å². The lowest BCUT2D eigenvalue weighted by Crippen LogP contribution is -2.47. The summed E-state index contributed by atoms with van der Waals surface area (Å²) in [5.74, 6) is -1.94. The molecule has 0 unspecified atom stereocenters. The van der Waals surface area contributed by atoms with Crippen molar-refractivity contribution < 1.29 is 28.0 Å². The van der Waals surface area contributed by atoms with Gasteiger partial charge in [-0.2, -0.15) is 0 Å². The normalized spacial score (nSPS) is 12.1. The molecule has 2 aromatic carbocycles. The minimum Gasteiger partial charge on any atom is -0.458 e. The van der Waals surface area contributed by atoms with E-state index in [1.54, 1.807) is 65.0 Å². The van der Waals surface area contributed by atoms with E-state index in [0.29, 0.717) is 16.9 Å². The molecule has 9 nitrogen and oxygen atoms in total. The second kappa shape index (κ2) is 11.0. The number of carbonyl (C=O) groups is 3. The number of carbonyl (C=O) groups excluding carboxylic acids is 3. The number of benzene rings is 2. The fourth-order valence-electron chi connectivity index (χ4n) is 3.17. The first-order valence-electron chi connectivity index (χ1n) is 11.4. The maximum absolute atomic E-state index is 13.7. The number of rotatable bonds is 7. The summed E-state index contributed by atoms with van der Waals surface area (Å²) in [5, 5.41) is 11.6. The molecule has 36 heavy (non-hydrogen) atoms. The molecule has 0 bridgehead atoms. The molecule has 0 saturated carbocycles. The van der Waals surface area contributed by atoms with Crippen LogP contribution in [0.15, 0.2) is 59.1 Å². The molecule has 0 radical (unpaired) electrons. The summed E-state index contributed by atoms with van der Waals surface area (Å²) in [6, 6.07) is 12.4. The number of halogens is 1. The summed E-state index contributed by atoms with van der Waals surface area (Å²) in [4.78, 5) is 37.3. The molecule has 0 aliphatic rings. The molecule has 0 aliphatic heterocycles. The Morgan fingerprint density at radius 3 is 2.28 bits per heavy atom. The number of urea groups is 1. The molecule has 10 heteroatoms. The molecule has 1 atom stereocenters. The zero-order valence-corrected chi connectivity index (χ0v) is 20.7. The predicted octanol–water partition coefficient (Wildman–Crippen LogP) is 5.22. The Bertz CT molecular complexity index is 1230. The Morgan fingerprint density at radius 1 is 1.00 bits per heavy atom. The molecule has 3 amide bonds. The smallest absolute Gasteiger partial charge is 0.329 e. The van der Waals surface area contributed by atoms with Gasteiger partial charge in [0, 0.05) is 17.3 Å². The van der Waals surface area contributed by atoms with Crippen molar-refractivity contribution in [3.8, 4) is 11.3 Å². The van der Waals surface area contributed by atoms with Crippen molar-refractivity contribution in [1.29, 1.82) is 0 Å². The fourth-order valence-corrected chi connectivity index (χ4v) is 3.17. The number of nitrogens with zero attached hydrogens (tertiary/aromatic N) is 1. The maximum atomic E-state index is 13.7. The van der Waals surface area contributed by atoms with Crippen LogP contribution >= 0.6 is 0 Å². The fraction of sp³-hybridized carbons (Fsp3) is 0.308. The second-order valence-electron chi connectivity index (χ2n) is 9.44. The zero-order valence-electron chi connectivity index (χ0n) is 20.7. The van der Waals surface area contributed by atoms with Gasteiger partial charge in [0.15, 0.2) is 0 Å². The Kier molecular flexibility index (Phi) is 8.08. The van der Waals surface area contributed by atoms with Crippen LogP contribution in [0.25, 0.3) is 11.3 Å². The van der Waals surface area contributed by atoms with E-state index in [9.17, 15) is 18.8 Å². The van der Waals surface area contributed by atoms with Crippen LogP contribution in [0.5, 0.6) is 0 Å². The van der Waals surface area contributed by atoms with E-state index in [-0.39, 0.29) is 17.4 Å². The molecule has 3 N–H and O–H groups in total. The standard InChI is InChI=1S/C26H29FN4O5/c1-15(2)22(24(33)35-26(3,4)5)30-23(32)21-14-20(31-36-21)16-10-12-17(13-11-16)28-25(34)29-19-9-7-6-8-18(19)27/h6-15,22H,1-5H3,(H,30,32)(H2,28,29,34)/t22-/m0/s1. The van der Waals surface area contributed by atoms with Crippen molar-refractivity contribution in [2.75, 3.05) is 10.6 Å². The topological polar surface area (TPSA) is 123 Å². The summed E-state index contributed by atoms with van der Waals surface area (Å²) in [7, 11) is 0. The molecule has 3 aromatic rings. The number of ether oxygens (including phenoxy) is 1. The minimum atomic E-state index is -0.855. The maximum Gasteiger partial charge on any atom is 0.329 e. The molecule has 0 saturated heterocycles. The molecular weight excluding hydrogens is 467 g/mol. The van der Waals surface area contributed by atoms with Crippen molar-refractivity contribution in [2.45, 2.75) is 46.3 Å². The summed E-state index contributed by atoms with van der Waals surface area (Å²) < 4.78 is 24.3. The number of hydrogen-bond acceptors (Lipinski definition) is 6. The summed E-state index contributed by atoms with van der Waals surface area (Å²) >= 11 is 0. The largest absolute Gasteiger partial charge is 0.458 e. The van der Waals surface area contributed by atoms with Gasteiger partial charge in [-0.3, -0.25) is 4.79 Å². The second-order valence-corrected chi connectivity index (χ2v) is 9.44. The molecule has 0 spiro atoms. The zero-order chi connectivity index (χ0) is 26.5. The minimum absolute atomic E-state index is 0.0615. The van der Waals surface area contributed by atoms with E-state index >= 15 is 0 Å². The number of para-hydroxylation sites is 1. The first-order valence-corrected chi connectivity index (χ1v) is 11.4. The van der Waals surface area contributed by atoms with E-state index in [1.807, 2.05) is 0 Å². The molecule has 0 fully saturated rings. The third kappa shape index (κ3) is 7.14. The number of nitrogens with one attached hydrogen (secondary N) is 3. The van der Waals surface area contributed by atoms with Crippen LogP contribution in [-0.2, 0) is 9.53 Å². The third-order valence-corrected chi connectivity index (χ3v) is 4.91. The molecule has 0 aliphatic carbocycles. The molecule has 1 heterocycles. The van der Waals surface area contributed by atoms with Crippen LogP contribution in [0, 0.1) is 11.7 Å². The molecule has 190 valence electrons. The van der Waals surface area contributed by atoms with Crippen molar-refractivity contribution in [3.63, 3.8) is 0 Å². The third-order valence-electron chi connectivity index (χ3n) is 4.91. The summed E-state index contributed by atoms with van der Waals surface area (Å²) in [6.45, 7) is 8.86. The Labute approximate surface area is 208 Å². The highest BCUT2D eigenvalue weighted by Gasteiger charge is 2.30. The van der Waals surface area contributed by atoms with Crippen LogP contribution in [0.1, 0.15) is 45.2 Å².